The van der Waals surface area contributed by atoms with Crippen molar-refractivity contribution in [3.05, 3.63) is 0 Å². The molecule has 0 aromatic rings. The van der Waals surface area contributed by atoms with E-state index in [4.69, 9.17) is 23.7 Å². The molecule has 1 fully saturated rings. The number of ether oxygens (including phenoxy) is 5. The molecule has 0 spiro atoms. The molecular weight excluding hydrogens is 312 g/mol. The van der Waals surface area contributed by atoms with Gasteiger partial charge in [-0.25, -0.2) is 0 Å². The van der Waals surface area contributed by atoms with Gasteiger partial charge in [0.05, 0.1) is 0 Å². The molecule has 0 aromatic carbocycles. The summed E-state index contributed by atoms with van der Waals surface area (Å²) in [7, 11) is 0. The van der Waals surface area contributed by atoms with Crippen LogP contribution in [0.15, 0.2) is 0 Å². The third-order valence-corrected chi connectivity index (χ3v) is 2.86. The molecule has 9 nitrogen and oxygen atoms in total. The van der Waals surface area contributed by atoms with Crippen LogP contribution in [0.1, 0.15) is 34.1 Å². The monoisotopic (exact) mass is 332 g/mol. The maximum absolute atomic E-state index is 11.2. The summed E-state index contributed by atoms with van der Waals surface area (Å²) < 4.78 is 25.5. The van der Waals surface area contributed by atoms with Gasteiger partial charge in [-0.3, -0.25) is 19.2 Å². The van der Waals surface area contributed by atoms with Gasteiger partial charge in [0.15, 0.2) is 6.10 Å². The molecule has 0 bridgehead atoms. The molecule has 4 atom stereocenters. The highest BCUT2D eigenvalue weighted by atomic mass is 16.7. The minimum absolute atomic E-state index is 0.0447. The average molecular weight is 332 g/mol. The Morgan fingerprint density at radius 1 is 0.826 bits per heavy atom. The van der Waals surface area contributed by atoms with Gasteiger partial charge in [-0.15, -0.1) is 0 Å². The Bertz CT molecular complexity index is 473. The van der Waals surface area contributed by atoms with Crippen molar-refractivity contribution in [1.29, 1.82) is 0 Å². The number of esters is 4. The van der Waals surface area contributed by atoms with Crippen LogP contribution in [0.2, 0.25) is 0 Å². The molecule has 130 valence electrons. The molecule has 0 amide bonds. The van der Waals surface area contributed by atoms with Crippen molar-refractivity contribution >= 4 is 23.9 Å². The lowest BCUT2D eigenvalue weighted by Crippen LogP contribution is -2.53. The topological polar surface area (TPSA) is 114 Å². The molecule has 1 unspecified atom stereocenters. The van der Waals surface area contributed by atoms with E-state index in [0.717, 1.165) is 0 Å². The lowest BCUT2D eigenvalue weighted by molar-refractivity contribution is -0.270. The predicted molar refractivity (Wildman–Crippen MR) is 72.8 cm³/mol. The quantitative estimate of drug-likeness (QED) is 0.510. The van der Waals surface area contributed by atoms with E-state index in [1.54, 1.807) is 0 Å². The van der Waals surface area contributed by atoms with Gasteiger partial charge in [-0.05, 0) is 0 Å². The molecule has 1 saturated heterocycles. The van der Waals surface area contributed by atoms with Gasteiger partial charge in [-0.2, -0.15) is 0 Å². The van der Waals surface area contributed by atoms with Crippen LogP contribution in [-0.2, 0) is 42.9 Å². The van der Waals surface area contributed by atoms with E-state index >= 15 is 0 Å². The van der Waals surface area contributed by atoms with Crippen molar-refractivity contribution in [1.82, 2.24) is 0 Å². The Kier molecular flexibility index (Phi) is 6.95. The van der Waals surface area contributed by atoms with Crippen molar-refractivity contribution in [2.45, 2.75) is 58.7 Å². The van der Waals surface area contributed by atoms with E-state index in [0.29, 0.717) is 0 Å². The van der Waals surface area contributed by atoms with Gasteiger partial charge in [0.1, 0.15) is 18.8 Å². The van der Waals surface area contributed by atoms with Crippen LogP contribution in [0.5, 0.6) is 0 Å². The summed E-state index contributed by atoms with van der Waals surface area (Å²) >= 11 is 0. The fourth-order valence-corrected chi connectivity index (χ4v) is 2.11. The number of carbonyl (C=O) groups is 4. The van der Waals surface area contributed by atoms with Crippen molar-refractivity contribution in [3.63, 3.8) is 0 Å². The lowest BCUT2D eigenvalue weighted by atomic mass is 10.0. The van der Waals surface area contributed by atoms with Gasteiger partial charge in [0.2, 0.25) is 6.29 Å². The lowest BCUT2D eigenvalue weighted by Gasteiger charge is -2.39. The zero-order valence-electron chi connectivity index (χ0n) is 13.4. The van der Waals surface area contributed by atoms with Crippen LogP contribution >= 0.6 is 0 Å². The van der Waals surface area contributed by atoms with Crippen LogP contribution in [0.4, 0.5) is 0 Å². The van der Waals surface area contributed by atoms with Crippen molar-refractivity contribution in [3.8, 4) is 0 Å². The fourth-order valence-electron chi connectivity index (χ4n) is 2.11. The van der Waals surface area contributed by atoms with Crippen molar-refractivity contribution in [2.24, 2.45) is 0 Å². The second-order valence-electron chi connectivity index (χ2n) is 4.99. The first-order valence-corrected chi connectivity index (χ1v) is 6.99. The summed E-state index contributed by atoms with van der Waals surface area (Å²) in [6.45, 7) is 4.60. The Hall–Kier alpha value is -2.16. The number of hydrogen-bond acceptors (Lipinski definition) is 9. The smallest absolute Gasteiger partial charge is 0.305 e. The summed E-state index contributed by atoms with van der Waals surface area (Å²) in [6, 6.07) is 0. The largest absolute Gasteiger partial charge is 0.463 e. The van der Waals surface area contributed by atoms with E-state index < -0.39 is 48.5 Å². The summed E-state index contributed by atoms with van der Waals surface area (Å²) in [6.07, 6.45) is -3.73. The first kappa shape index (κ1) is 18.9. The summed E-state index contributed by atoms with van der Waals surface area (Å²) in [4.78, 5) is 44.5. The Labute approximate surface area is 133 Å². The van der Waals surface area contributed by atoms with Crippen LogP contribution < -0.4 is 0 Å². The van der Waals surface area contributed by atoms with Gasteiger partial charge in [0, 0.05) is 34.1 Å². The Morgan fingerprint density at radius 3 is 1.83 bits per heavy atom. The molecule has 9 heteroatoms. The minimum Gasteiger partial charge on any atom is -0.463 e. The van der Waals surface area contributed by atoms with Gasteiger partial charge in [-0.1, -0.05) is 0 Å². The van der Waals surface area contributed by atoms with Crippen LogP contribution in [0.3, 0.4) is 0 Å². The molecule has 0 saturated carbocycles. The Balaban J connectivity index is 2.89. The molecule has 1 aliphatic heterocycles. The SMILES string of the molecule is CC(=O)OC[C@H]1OC(OC(C)=O)[C@H](OC(C)=O)C[C@H]1OC(C)=O. The predicted octanol–water partition coefficient (Wildman–Crippen LogP) is 0.0910. The highest BCUT2D eigenvalue weighted by Crippen LogP contribution is 2.26. The summed E-state index contributed by atoms with van der Waals surface area (Å²) in [5.74, 6) is -2.35. The zero-order chi connectivity index (χ0) is 17.6. The number of rotatable bonds is 5. The third-order valence-electron chi connectivity index (χ3n) is 2.86. The number of hydrogen-bond donors (Lipinski definition) is 0. The molecule has 0 aromatic heterocycles. The molecule has 23 heavy (non-hydrogen) atoms. The van der Waals surface area contributed by atoms with E-state index in [1.165, 1.54) is 27.7 Å². The van der Waals surface area contributed by atoms with Crippen LogP contribution in [-0.4, -0.2) is 55.1 Å². The van der Waals surface area contributed by atoms with Crippen LogP contribution in [0.25, 0.3) is 0 Å². The number of carbonyl (C=O) groups excluding carboxylic acids is 4. The molecule has 1 rings (SSSR count). The third kappa shape index (κ3) is 6.64. The molecule has 0 radical (unpaired) electrons. The first-order chi connectivity index (χ1) is 10.7. The highest BCUT2D eigenvalue weighted by Gasteiger charge is 2.43. The second-order valence-corrected chi connectivity index (χ2v) is 4.99. The van der Waals surface area contributed by atoms with Gasteiger partial charge >= 0.3 is 23.9 Å². The summed E-state index contributed by atoms with van der Waals surface area (Å²) in [5.41, 5.74) is 0. The first-order valence-electron chi connectivity index (χ1n) is 6.99. The highest BCUT2D eigenvalue weighted by molar-refractivity contribution is 5.68. The maximum Gasteiger partial charge on any atom is 0.305 e. The van der Waals surface area contributed by atoms with Gasteiger partial charge < -0.3 is 23.7 Å². The minimum atomic E-state index is -1.18. The molecule has 0 N–H and O–H groups in total. The van der Waals surface area contributed by atoms with Crippen molar-refractivity contribution in [2.75, 3.05) is 6.61 Å². The summed E-state index contributed by atoms with van der Waals surface area (Å²) in [5, 5.41) is 0. The molecular formula is C14H20O9. The van der Waals surface area contributed by atoms with E-state index in [1.807, 2.05) is 0 Å². The van der Waals surface area contributed by atoms with Crippen LogP contribution in [0, 0.1) is 0 Å². The normalized spacial score (nSPS) is 26.8. The van der Waals surface area contributed by atoms with Crippen molar-refractivity contribution < 1.29 is 42.9 Å². The van der Waals surface area contributed by atoms with E-state index in [-0.39, 0.29) is 13.0 Å². The molecule has 0 aliphatic carbocycles. The molecule has 1 aliphatic rings. The standard InChI is InChI=1S/C14H20O9/c1-7(15)19-6-13-11(20-8(2)16)5-12(21-9(3)17)14(23-13)22-10(4)18/h11-14H,5-6H2,1-4H3/t11-,12-,13-,14?/m1/s1. The zero-order valence-corrected chi connectivity index (χ0v) is 13.4. The average Bonchev–Trinajstić information content (AvgIpc) is 2.38. The van der Waals surface area contributed by atoms with E-state index in [2.05, 4.69) is 0 Å². The fraction of sp³-hybridized carbons (Fsp3) is 0.714. The second kappa shape index (κ2) is 8.47. The van der Waals surface area contributed by atoms with E-state index in [9.17, 15) is 19.2 Å². The van der Waals surface area contributed by atoms with Gasteiger partial charge in [0.25, 0.3) is 0 Å². The maximum atomic E-state index is 11.2. The Morgan fingerprint density at radius 2 is 1.35 bits per heavy atom. The molecule has 1 heterocycles.